The van der Waals surface area contributed by atoms with Crippen molar-refractivity contribution in [3.05, 3.63) is 52.3 Å². The van der Waals surface area contributed by atoms with Crippen molar-refractivity contribution < 1.29 is 4.79 Å². The van der Waals surface area contributed by atoms with E-state index in [-0.39, 0.29) is 17.9 Å². The molecule has 7 heteroatoms. The second kappa shape index (κ2) is 6.64. The van der Waals surface area contributed by atoms with Crippen molar-refractivity contribution in [1.29, 1.82) is 0 Å². The lowest BCUT2D eigenvalue weighted by molar-refractivity contribution is -0.131. The quantitative estimate of drug-likeness (QED) is 0.771. The normalized spacial score (nSPS) is 17.0. The van der Waals surface area contributed by atoms with Gasteiger partial charge in [0.1, 0.15) is 0 Å². The van der Waals surface area contributed by atoms with E-state index in [0.717, 1.165) is 36.3 Å². The van der Waals surface area contributed by atoms with Crippen molar-refractivity contribution in [2.45, 2.75) is 46.1 Å². The Hall–Kier alpha value is -2.96. The minimum atomic E-state index is 0.124. The van der Waals surface area contributed by atoms with E-state index in [0.29, 0.717) is 12.2 Å². The number of nitrogens with zero attached hydrogens (tertiary/aromatic N) is 5. The van der Waals surface area contributed by atoms with E-state index < -0.39 is 0 Å². The number of nitrogens with two attached hydrogens (primary N) is 1. The highest BCUT2D eigenvalue weighted by Crippen LogP contribution is 2.32. The lowest BCUT2D eigenvalue weighted by atomic mass is 10.0. The number of carbonyl (C=O) groups is 1. The molecular weight excluding hydrogens is 340 g/mol. The minimum Gasteiger partial charge on any atom is -0.366 e. The molecule has 1 fully saturated rings. The molecule has 1 atom stereocenters. The summed E-state index contributed by atoms with van der Waals surface area (Å²) < 4.78 is 1.62. The summed E-state index contributed by atoms with van der Waals surface area (Å²) in [6, 6.07) is 8.63. The van der Waals surface area contributed by atoms with Gasteiger partial charge in [-0.15, -0.1) is 5.10 Å². The molecule has 27 heavy (non-hydrogen) atoms. The van der Waals surface area contributed by atoms with Gasteiger partial charge >= 0.3 is 0 Å². The molecular formula is C20H24N6O. The Labute approximate surface area is 158 Å². The third-order valence-electron chi connectivity index (χ3n) is 5.43. The zero-order valence-electron chi connectivity index (χ0n) is 15.9. The average Bonchev–Trinajstić information content (AvgIpc) is 3.25. The summed E-state index contributed by atoms with van der Waals surface area (Å²) in [7, 11) is 0. The van der Waals surface area contributed by atoms with Crippen molar-refractivity contribution in [1.82, 2.24) is 24.5 Å². The number of benzene rings is 1. The van der Waals surface area contributed by atoms with Crippen molar-refractivity contribution in [3.63, 3.8) is 0 Å². The fourth-order valence-corrected chi connectivity index (χ4v) is 3.93. The van der Waals surface area contributed by atoms with Gasteiger partial charge in [-0.1, -0.05) is 29.8 Å². The van der Waals surface area contributed by atoms with Crippen LogP contribution in [0, 0.1) is 20.8 Å². The van der Waals surface area contributed by atoms with Gasteiger partial charge in [-0.05, 0) is 39.2 Å². The number of rotatable bonds is 3. The van der Waals surface area contributed by atoms with E-state index >= 15 is 0 Å². The SMILES string of the molecule is Cc1ccc(C2CCCN2C(=O)Cc2c(C)nc3nc(N)nn3c2C)cc1. The van der Waals surface area contributed by atoms with Crippen LogP contribution >= 0.6 is 0 Å². The van der Waals surface area contributed by atoms with Gasteiger partial charge in [0.2, 0.25) is 11.9 Å². The first-order valence-electron chi connectivity index (χ1n) is 9.28. The number of fused-ring (bicyclic) bond motifs is 1. The first-order valence-corrected chi connectivity index (χ1v) is 9.28. The smallest absolute Gasteiger partial charge is 0.254 e. The molecule has 7 nitrogen and oxygen atoms in total. The molecule has 4 rings (SSSR count). The predicted molar refractivity (Wildman–Crippen MR) is 103 cm³/mol. The number of aromatic nitrogens is 4. The zero-order chi connectivity index (χ0) is 19.1. The highest BCUT2D eigenvalue weighted by Gasteiger charge is 2.30. The average molecular weight is 364 g/mol. The van der Waals surface area contributed by atoms with Gasteiger partial charge in [-0.2, -0.15) is 9.50 Å². The molecule has 1 aromatic carbocycles. The molecule has 1 saturated heterocycles. The lowest BCUT2D eigenvalue weighted by Gasteiger charge is -2.26. The van der Waals surface area contributed by atoms with Crippen LogP contribution in [0.4, 0.5) is 5.95 Å². The highest BCUT2D eigenvalue weighted by molar-refractivity contribution is 5.80. The number of likely N-dealkylation sites (tertiary alicyclic amines) is 1. The summed E-state index contributed by atoms with van der Waals surface area (Å²) in [5.74, 6) is 0.781. The molecule has 2 aromatic heterocycles. The molecule has 140 valence electrons. The molecule has 1 amide bonds. The van der Waals surface area contributed by atoms with E-state index in [9.17, 15) is 4.79 Å². The number of nitrogen functional groups attached to an aromatic ring is 1. The van der Waals surface area contributed by atoms with Crippen molar-refractivity contribution in [2.24, 2.45) is 0 Å². The molecule has 3 aromatic rings. The second-order valence-electron chi connectivity index (χ2n) is 7.28. The number of hydrogen-bond acceptors (Lipinski definition) is 5. The minimum absolute atomic E-state index is 0.124. The number of hydrogen-bond donors (Lipinski definition) is 1. The summed E-state index contributed by atoms with van der Waals surface area (Å²) in [6.45, 7) is 6.70. The van der Waals surface area contributed by atoms with Crippen LogP contribution < -0.4 is 5.73 Å². The number of amides is 1. The van der Waals surface area contributed by atoms with E-state index in [1.807, 2.05) is 18.7 Å². The lowest BCUT2D eigenvalue weighted by Crippen LogP contribution is -2.32. The van der Waals surface area contributed by atoms with Crippen LogP contribution in [0.5, 0.6) is 0 Å². The third kappa shape index (κ3) is 3.13. The van der Waals surface area contributed by atoms with Crippen LogP contribution in [0.15, 0.2) is 24.3 Å². The largest absolute Gasteiger partial charge is 0.366 e. The Bertz CT molecular complexity index is 1010. The van der Waals surface area contributed by atoms with Crippen LogP contribution in [0.3, 0.4) is 0 Å². The van der Waals surface area contributed by atoms with Crippen molar-refractivity contribution in [2.75, 3.05) is 12.3 Å². The maximum Gasteiger partial charge on any atom is 0.254 e. The second-order valence-corrected chi connectivity index (χ2v) is 7.28. The van der Waals surface area contributed by atoms with E-state index in [2.05, 4.69) is 46.3 Å². The van der Waals surface area contributed by atoms with Crippen LogP contribution in [0.2, 0.25) is 0 Å². The molecule has 0 radical (unpaired) electrons. The Morgan fingerprint density at radius 2 is 1.93 bits per heavy atom. The van der Waals surface area contributed by atoms with Gasteiger partial charge < -0.3 is 10.6 Å². The Balaban J connectivity index is 1.61. The molecule has 1 unspecified atom stereocenters. The first kappa shape index (κ1) is 17.5. The van der Waals surface area contributed by atoms with Gasteiger partial charge in [0, 0.05) is 23.5 Å². The van der Waals surface area contributed by atoms with E-state index in [4.69, 9.17) is 5.73 Å². The fourth-order valence-electron chi connectivity index (χ4n) is 3.93. The molecule has 0 bridgehead atoms. The summed E-state index contributed by atoms with van der Waals surface area (Å²) in [4.78, 5) is 23.7. The summed E-state index contributed by atoms with van der Waals surface area (Å²) in [6.07, 6.45) is 2.34. The Morgan fingerprint density at radius 1 is 1.19 bits per heavy atom. The maximum atomic E-state index is 13.1. The summed E-state index contributed by atoms with van der Waals surface area (Å²) >= 11 is 0. The molecule has 3 heterocycles. The van der Waals surface area contributed by atoms with Gasteiger partial charge in [0.15, 0.2) is 0 Å². The van der Waals surface area contributed by atoms with Gasteiger partial charge in [-0.3, -0.25) is 4.79 Å². The zero-order valence-corrected chi connectivity index (χ0v) is 15.9. The first-order chi connectivity index (χ1) is 12.9. The summed E-state index contributed by atoms with van der Waals surface area (Å²) in [5.41, 5.74) is 10.7. The molecule has 1 aliphatic heterocycles. The number of anilines is 1. The fraction of sp³-hybridized carbons (Fsp3) is 0.400. The van der Waals surface area contributed by atoms with E-state index in [1.165, 1.54) is 11.1 Å². The molecule has 0 saturated carbocycles. The maximum absolute atomic E-state index is 13.1. The standard InChI is InChI=1S/C20H24N6O/c1-12-6-8-15(9-7-12)17-5-4-10-25(17)18(27)11-16-13(2)22-20-23-19(21)24-26(20)14(16)3/h6-9,17H,4-5,10-11H2,1-3H3,(H2,21,24). The topological polar surface area (TPSA) is 89.4 Å². The predicted octanol–water partition coefficient (Wildman–Crippen LogP) is 2.54. The number of carbonyl (C=O) groups excluding carboxylic acids is 1. The van der Waals surface area contributed by atoms with Gasteiger partial charge in [0.05, 0.1) is 12.5 Å². The van der Waals surface area contributed by atoms with Crippen LogP contribution in [0.25, 0.3) is 5.78 Å². The van der Waals surface area contributed by atoms with Gasteiger partial charge in [0.25, 0.3) is 5.78 Å². The molecule has 0 spiro atoms. The number of aryl methyl sites for hydroxylation is 3. The van der Waals surface area contributed by atoms with Crippen molar-refractivity contribution in [3.8, 4) is 0 Å². The van der Waals surface area contributed by atoms with Gasteiger partial charge in [-0.25, -0.2) is 4.98 Å². The molecule has 0 aliphatic carbocycles. The monoisotopic (exact) mass is 364 g/mol. The highest BCUT2D eigenvalue weighted by atomic mass is 16.2. The molecule has 2 N–H and O–H groups in total. The molecule has 1 aliphatic rings. The summed E-state index contributed by atoms with van der Waals surface area (Å²) in [5, 5.41) is 4.19. The van der Waals surface area contributed by atoms with Crippen molar-refractivity contribution >= 4 is 17.6 Å². The third-order valence-corrected chi connectivity index (χ3v) is 5.43. The van der Waals surface area contributed by atoms with E-state index in [1.54, 1.807) is 4.52 Å². The van der Waals surface area contributed by atoms with Crippen LogP contribution in [0.1, 0.15) is 47.0 Å². The van der Waals surface area contributed by atoms with Crippen LogP contribution in [-0.4, -0.2) is 36.9 Å². The Kier molecular flexibility index (Phi) is 4.30. The van der Waals surface area contributed by atoms with Crippen LogP contribution in [-0.2, 0) is 11.2 Å². The Morgan fingerprint density at radius 3 is 2.67 bits per heavy atom.